The predicted molar refractivity (Wildman–Crippen MR) is 135 cm³/mol. The number of fused-ring (bicyclic) bond motifs is 1. The highest BCUT2D eigenvalue weighted by molar-refractivity contribution is 5.79. The van der Waals surface area contributed by atoms with Gasteiger partial charge in [-0.2, -0.15) is 23.1 Å². The summed E-state index contributed by atoms with van der Waals surface area (Å²) < 4.78 is 52.8. The van der Waals surface area contributed by atoms with Crippen molar-refractivity contribution in [1.82, 2.24) is 15.3 Å². The number of nitrogens with one attached hydrogen (secondary N) is 2. The van der Waals surface area contributed by atoms with Crippen LogP contribution in [0.25, 0.3) is 0 Å². The maximum atomic E-state index is 14.1. The topological polar surface area (TPSA) is 127 Å². The Morgan fingerprint density at radius 1 is 1.26 bits per heavy atom. The number of esters is 1. The van der Waals surface area contributed by atoms with Gasteiger partial charge in [0.05, 0.1) is 19.5 Å². The summed E-state index contributed by atoms with van der Waals surface area (Å²) in [7, 11) is 0. The highest BCUT2D eigenvalue weighted by Gasteiger charge is 2.45. The van der Waals surface area contributed by atoms with Crippen LogP contribution in [0.3, 0.4) is 0 Å². The average molecular weight is 534 g/mol. The second-order valence-corrected chi connectivity index (χ2v) is 9.87. The van der Waals surface area contributed by atoms with Crippen molar-refractivity contribution in [3.63, 3.8) is 0 Å². The molecule has 2 aromatic rings. The Morgan fingerprint density at radius 2 is 2.05 bits per heavy atom. The van der Waals surface area contributed by atoms with E-state index in [0.29, 0.717) is 49.7 Å². The largest absolute Gasteiger partial charge is 0.465 e. The summed E-state index contributed by atoms with van der Waals surface area (Å²) >= 11 is 0. The lowest BCUT2D eigenvalue weighted by molar-refractivity contribution is -0.198. The number of rotatable bonds is 6. The normalized spacial score (nSPS) is 21.1. The Labute approximate surface area is 217 Å². The number of aliphatic imine (C=N–C) groups is 1. The van der Waals surface area contributed by atoms with Gasteiger partial charge in [0.25, 0.3) is 0 Å². The molecule has 4 N–H and O–H groups in total. The number of aromatic nitrogens is 2. The van der Waals surface area contributed by atoms with Crippen molar-refractivity contribution in [1.29, 1.82) is 0 Å². The molecule has 0 unspecified atom stereocenters. The minimum atomic E-state index is -4.69. The molecule has 1 aromatic carbocycles. The van der Waals surface area contributed by atoms with Crippen LogP contribution in [0.2, 0.25) is 0 Å². The van der Waals surface area contributed by atoms with Crippen molar-refractivity contribution in [2.75, 3.05) is 42.2 Å². The molecule has 0 bridgehead atoms. The fourth-order valence-corrected chi connectivity index (χ4v) is 5.32. The molecular formula is C25H30F3N7O3. The second kappa shape index (κ2) is 10.3. The lowest BCUT2D eigenvalue weighted by Gasteiger charge is -2.39. The summed E-state index contributed by atoms with van der Waals surface area (Å²) in [5, 5.41) is 6.18. The van der Waals surface area contributed by atoms with Crippen molar-refractivity contribution in [3.05, 3.63) is 35.4 Å². The smallest absolute Gasteiger partial charge is 0.429 e. The molecule has 2 saturated heterocycles. The molecule has 4 heterocycles. The van der Waals surface area contributed by atoms with Crippen LogP contribution < -0.4 is 26.0 Å². The van der Waals surface area contributed by atoms with E-state index in [9.17, 15) is 18.0 Å². The molecule has 3 aliphatic rings. The van der Waals surface area contributed by atoms with Crippen molar-refractivity contribution >= 4 is 29.8 Å². The van der Waals surface area contributed by atoms with E-state index in [1.54, 1.807) is 13.0 Å². The van der Waals surface area contributed by atoms with Crippen molar-refractivity contribution in [2.45, 2.75) is 51.1 Å². The zero-order chi connectivity index (χ0) is 26.9. The average Bonchev–Trinajstić information content (AvgIpc) is 3.30. The Kier molecular flexibility index (Phi) is 7.03. The number of nitrogens with two attached hydrogens (primary N) is 1. The SMILES string of the molecule is CCOC(=O)[C@@H]1CC2(CCN(c3cc(O[C@H](c4ccc5c(c4)CN=CN5)C(F)(F)F)nc(N)n3)CC2)CN1. The number of carbonyl (C=O) groups excluding carboxylic acids is 1. The number of nitrogens with zero attached hydrogens (tertiary/aromatic N) is 4. The van der Waals surface area contributed by atoms with Crippen LogP contribution in [-0.2, 0) is 16.1 Å². The van der Waals surface area contributed by atoms with E-state index in [1.165, 1.54) is 24.5 Å². The molecule has 1 spiro atoms. The van der Waals surface area contributed by atoms with E-state index < -0.39 is 12.3 Å². The van der Waals surface area contributed by atoms with Gasteiger partial charge < -0.3 is 30.7 Å². The Hall–Kier alpha value is -3.61. The fourth-order valence-electron chi connectivity index (χ4n) is 5.32. The maximum Gasteiger partial charge on any atom is 0.429 e. The van der Waals surface area contributed by atoms with Crippen molar-refractivity contribution < 1.29 is 27.4 Å². The summed E-state index contributed by atoms with van der Waals surface area (Å²) in [6, 6.07) is 5.46. The van der Waals surface area contributed by atoms with Gasteiger partial charge in [0, 0.05) is 37.0 Å². The van der Waals surface area contributed by atoms with Gasteiger partial charge in [0.1, 0.15) is 11.9 Å². The molecule has 204 valence electrons. The molecule has 0 aliphatic carbocycles. The third-order valence-electron chi connectivity index (χ3n) is 7.33. The molecule has 13 heteroatoms. The van der Waals surface area contributed by atoms with Gasteiger partial charge in [-0.05, 0) is 49.3 Å². The molecule has 0 amide bonds. The number of benzene rings is 1. The van der Waals surface area contributed by atoms with E-state index in [4.69, 9.17) is 15.2 Å². The first-order valence-corrected chi connectivity index (χ1v) is 12.6. The number of piperidine rings is 1. The van der Waals surface area contributed by atoms with Crippen LogP contribution >= 0.6 is 0 Å². The summed E-state index contributed by atoms with van der Waals surface area (Å²) in [4.78, 5) is 26.3. The minimum Gasteiger partial charge on any atom is -0.465 e. The zero-order valence-electron chi connectivity index (χ0n) is 20.9. The number of alkyl halides is 3. The van der Waals surface area contributed by atoms with Gasteiger partial charge in [0.2, 0.25) is 17.9 Å². The van der Waals surface area contributed by atoms with E-state index in [-0.39, 0.29) is 41.4 Å². The van der Waals surface area contributed by atoms with Crippen molar-refractivity contribution in [3.8, 4) is 5.88 Å². The van der Waals surface area contributed by atoms with E-state index >= 15 is 0 Å². The third kappa shape index (κ3) is 5.47. The van der Waals surface area contributed by atoms with Gasteiger partial charge >= 0.3 is 12.1 Å². The van der Waals surface area contributed by atoms with Gasteiger partial charge in [-0.15, -0.1) is 0 Å². The summed E-state index contributed by atoms with van der Waals surface area (Å²) in [5.41, 5.74) is 7.12. The van der Waals surface area contributed by atoms with Crippen molar-refractivity contribution in [2.24, 2.45) is 10.4 Å². The first-order valence-electron chi connectivity index (χ1n) is 12.6. The first kappa shape index (κ1) is 26.0. The highest BCUT2D eigenvalue weighted by atomic mass is 19.4. The first-order chi connectivity index (χ1) is 18.2. The lowest BCUT2D eigenvalue weighted by atomic mass is 9.76. The summed E-state index contributed by atoms with van der Waals surface area (Å²) in [6.07, 6.45) is -3.17. The third-order valence-corrected chi connectivity index (χ3v) is 7.33. The monoisotopic (exact) mass is 533 g/mol. The van der Waals surface area contributed by atoms with E-state index in [2.05, 4.69) is 25.6 Å². The summed E-state index contributed by atoms with van der Waals surface area (Å²) in [5.74, 6) is -0.263. The van der Waals surface area contributed by atoms with Crippen LogP contribution in [0, 0.1) is 5.41 Å². The van der Waals surface area contributed by atoms with Crippen LogP contribution in [-0.4, -0.2) is 60.7 Å². The van der Waals surface area contributed by atoms with Crippen LogP contribution in [0.5, 0.6) is 5.88 Å². The zero-order valence-corrected chi connectivity index (χ0v) is 20.9. The van der Waals surface area contributed by atoms with Crippen LogP contribution in [0.1, 0.15) is 43.4 Å². The Balaban J connectivity index is 1.30. The van der Waals surface area contributed by atoms with Gasteiger partial charge in [-0.1, -0.05) is 6.07 Å². The minimum absolute atomic E-state index is 0.0431. The molecule has 5 rings (SSSR count). The molecule has 1 aromatic heterocycles. The quantitative estimate of drug-likeness (QED) is 0.480. The molecular weight excluding hydrogens is 503 g/mol. The predicted octanol–water partition coefficient (Wildman–Crippen LogP) is 3.21. The standard InChI is InChI=1S/C25H30F3N7O3/c1-2-37-22(36)18-11-24(13-31-18)5-7-35(8-6-24)19-10-20(34-23(29)33-19)38-21(25(26,27)28)15-3-4-17-16(9-15)12-30-14-32-17/h3-4,9-10,14,18,21,31H,2,5-8,11-13H2,1H3,(H,30,32)(H2,29,33,34)/t18-,21+/m0/s1. The number of hydrogen-bond acceptors (Lipinski definition) is 10. The summed E-state index contributed by atoms with van der Waals surface area (Å²) in [6.45, 7) is 4.31. The number of halogens is 3. The van der Waals surface area contributed by atoms with Crippen LogP contribution in [0.15, 0.2) is 29.3 Å². The fraction of sp³-hybridized carbons (Fsp3) is 0.520. The van der Waals surface area contributed by atoms with E-state index in [1.807, 2.05) is 4.90 Å². The number of nitrogen functional groups attached to an aromatic ring is 1. The van der Waals surface area contributed by atoms with Gasteiger partial charge in [-0.3, -0.25) is 9.79 Å². The molecule has 2 atom stereocenters. The lowest BCUT2D eigenvalue weighted by Crippen LogP contribution is -2.41. The van der Waals surface area contributed by atoms with E-state index in [0.717, 1.165) is 12.8 Å². The molecule has 0 radical (unpaired) electrons. The number of anilines is 3. The number of carbonyl (C=O) groups is 1. The number of ether oxygens (including phenoxy) is 2. The Morgan fingerprint density at radius 3 is 2.79 bits per heavy atom. The molecule has 0 saturated carbocycles. The van der Waals surface area contributed by atoms with Gasteiger partial charge in [-0.25, -0.2) is 0 Å². The molecule has 2 fully saturated rings. The molecule has 3 aliphatic heterocycles. The molecule has 38 heavy (non-hydrogen) atoms. The molecule has 10 nitrogen and oxygen atoms in total. The van der Waals surface area contributed by atoms with Crippen LogP contribution in [0.4, 0.5) is 30.6 Å². The second-order valence-electron chi connectivity index (χ2n) is 9.87. The Bertz CT molecular complexity index is 1220. The maximum absolute atomic E-state index is 14.1. The van der Waals surface area contributed by atoms with Gasteiger partial charge in [0.15, 0.2) is 0 Å². The number of hydrogen-bond donors (Lipinski definition) is 3. The highest BCUT2D eigenvalue weighted by Crippen LogP contribution is 2.42.